The van der Waals surface area contributed by atoms with Gasteiger partial charge < -0.3 is 28.4 Å². The minimum absolute atomic E-state index is 0.00228. The molecule has 1 unspecified atom stereocenters. The molecule has 13 nitrogen and oxygen atoms in total. The van der Waals surface area contributed by atoms with Gasteiger partial charge in [0, 0.05) is 12.2 Å². The normalized spacial score (nSPS) is 22.2. The number of hydrogen-bond acceptors (Lipinski definition) is 14. The van der Waals surface area contributed by atoms with Crippen LogP contribution in [0, 0.1) is 0 Å². The van der Waals surface area contributed by atoms with Gasteiger partial charge in [0.05, 0.1) is 58.9 Å². The van der Waals surface area contributed by atoms with E-state index in [1.807, 2.05) is 0 Å². The Labute approximate surface area is 246 Å². The summed E-state index contributed by atoms with van der Waals surface area (Å²) in [5.41, 5.74) is 0. The molecule has 0 saturated carbocycles. The van der Waals surface area contributed by atoms with Gasteiger partial charge in [0.2, 0.25) is 0 Å². The average Bonchev–Trinajstić information content (AvgIpc) is 2.91. The van der Waals surface area contributed by atoms with Crippen LogP contribution in [0.1, 0.15) is 51.4 Å². The zero-order valence-electron chi connectivity index (χ0n) is 23.6. The summed E-state index contributed by atoms with van der Waals surface area (Å²) in [7, 11) is -3.55. The summed E-state index contributed by atoms with van der Waals surface area (Å²) in [5.74, 6) is -2.03. The summed E-state index contributed by atoms with van der Waals surface area (Å²) in [6.45, 7) is 1.08. The third-order valence-corrected chi connectivity index (χ3v) is 7.12. The lowest BCUT2D eigenvalue weighted by atomic mass is 10.1. The molecular weight excluding hydrogens is 584 g/mol. The standard InChI is InChI=1S/C26H42O13S2/c1-41(31,32)39-13-8-20-40-22-21-25(29)36-12-7-5-3-2-4-6-11-35-23(27)9-10-24(28)37-18-16-33-14-15-34-17-19-38-26(22)30/h9-10,22H,2-8,11-21H2,1H3/b10-9+. The summed E-state index contributed by atoms with van der Waals surface area (Å²) in [4.78, 5) is 48.2. The van der Waals surface area contributed by atoms with Crippen LogP contribution in [0.5, 0.6) is 0 Å². The van der Waals surface area contributed by atoms with Gasteiger partial charge in [0.1, 0.15) is 18.5 Å². The number of rotatable bonds is 6. The van der Waals surface area contributed by atoms with Gasteiger partial charge in [-0.1, -0.05) is 25.7 Å². The molecule has 1 aliphatic heterocycles. The summed E-state index contributed by atoms with van der Waals surface area (Å²) < 4.78 is 58.1. The molecule has 1 atom stereocenters. The van der Waals surface area contributed by atoms with Crippen LogP contribution < -0.4 is 0 Å². The fraction of sp³-hybridized carbons (Fsp3) is 0.769. The molecule has 1 rings (SSSR count). The van der Waals surface area contributed by atoms with Crippen molar-refractivity contribution in [3.05, 3.63) is 12.2 Å². The lowest BCUT2D eigenvalue weighted by molar-refractivity contribution is -0.150. The molecule has 0 spiro atoms. The maximum absolute atomic E-state index is 12.6. The Bertz CT molecular complexity index is 905. The first kappa shape index (κ1) is 36.8. The summed E-state index contributed by atoms with van der Waals surface area (Å²) in [6.07, 6.45) is 8.09. The number of carbonyl (C=O) groups is 4. The summed E-state index contributed by atoms with van der Waals surface area (Å²) in [6, 6.07) is 0. The van der Waals surface area contributed by atoms with Crippen molar-refractivity contribution in [2.45, 2.75) is 56.6 Å². The largest absolute Gasteiger partial charge is 0.466 e. The maximum Gasteiger partial charge on any atom is 0.331 e. The van der Waals surface area contributed by atoms with Gasteiger partial charge in [-0.05, 0) is 25.0 Å². The predicted octanol–water partition coefficient (Wildman–Crippen LogP) is 1.96. The van der Waals surface area contributed by atoms with E-state index < -0.39 is 39.2 Å². The van der Waals surface area contributed by atoms with E-state index >= 15 is 0 Å². The topological polar surface area (TPSA) is 167 Å². The monoisotopic (exact) mass is 626 g/mol. The van der Waals surface area contributed by atoms with E-state index in [1.54, 1.807) is 0 Å². The third-order valence-electron chi connectivity index (χ3n) is 5.24. The Morgan fingerprint density at radius 3 is 1.85 bits per heavy atom. The molecule has 0 aromatic carbocycles. The fourth-order valence-electron chi connectivity index (χ4n) is 3.24. The first-order valence-corrected chi connectivity index (χ1v) is 16.5. The number of carbonyl (C=O) groups excluding carboxylic acids is 4. The van der Waals surface area contributed by atoms with Crippen molar-refractivity contribution >= 4 is 45.8 Å². The average molecular weight is 627 g/mol. The molecule has 0 aromatic heterocycles. The molecule has 1 heterocycles. The number of ether oxygens (including phenoxy) is 6. The van der Waals surface area contributed by atoms with Crippen LogP contribution in [0.25, 0.3) is 0 Å². The van der Waals surface area contributed by atoms with Gasteiger partial charge in [-0.3, -0.25) is 13.8 Å². The minimum atomic E-state index is -3.55. The first-order valence-electron chi connectivity index (χ1n) is 13.6. The van der Waals surface area contributed by atoms with Gasteiger partial charge in [-0.2, -0.15) is 8.42 Å². The molecule has 236 valence electrons. The first-order chi connectivity index (χ1) is 19.7. The molecule has 0 fully saturated rings. The molecule has 0 bridgehead atoms. The van der Waals surface area contributed by atoms with Crippen molar-refractivity contribution in [2.24, 2.45) is 0 Å². The van der Waals surface area contributed by atoms with Crippen LogP contribution in [0.2, 0.25) is 0 Å². The van der Waals surface area contributed by atoms with Crippen molar-refractivity contribution in [1.82, 2.24) is 0 Å². The summed E-state index contributed by atoms with van der Waals surface area (Å²) in [5, 5.41) is -0.817. The highest BCUT2D eigenvalue weighted by atomic mass is 32.2. The lowest BCUT2D eigenvalue weighted by Crippen LogP contribution is -2.26. The van der Waals surface area contributed by atoms with Crippen molar-refractivity contribution in [3.8, 4) is 0 Å². The fourth-order valence-corrected chi connectivity index (χ4v) is 4.68. The van der Waals surface area contributed by atoms with Crippen molar-refractivity contribution in [2.75, 3.05) is 71.5 Å². The van der Waals surface area contributed by atoms with E-state index in [9.17, 15) is 27.6 Å². The van der Waals surface area contributed by atoms with E-state index in [1.165, 1.54) is 11.8 Å². The zero-order chi connectivity index (χ0) is 30.2. The van der Waals surface area contributed by atoms with Gasteiger partial charge in [-0.15, -0.1) is 11.8 Å². The lowest BCUT2D eigenvalue weighted by Gasteiger charge is -2.15. The van der Waals surface area contributed by atoms with Crippen LogP contribution in [-0.4, -0.2) is 109 Å². The summed E-state index contributed by atoms with van der Waals surface area (Å²) >= 11 is 1.17. The van der Waals surface area contributed by atoms with Crippen LogP contribution in [0.3, 0.4) is 0 Å². The Hall–Kier alpha value is -2.20. The molecule has 1 aliphatic rings. The van der Waals surface area contributed by atoms with Crippen LogP contribution >= 0.6 is 11.8 Å². The second-order valence-electron chi connectivity index (χ2n) is 8.85. The minimum Gasteiger partial charge on any atom is -0.466 e. The highest BCUT2D eigenvalue weighted by Crippen LogP contribution is 2.19. The number of hydrogen-bond donors (Lipinski definition) is 0. The van der Waals surface area contributed by atoms with Gasteiger partial charge in [0.25, 0.3) is 10.1 Å². The van der Waals surface area contributed by atoms with E-state index in [0.717, 1.165) is 44.1 Å². The van der Waals surface area contributed by atoms with E-state index in [2.05, 4.69) is 0 Å². The van der Waals surface area contributed by atoms with Crippen LogP contribution in [0.4, 0.5) is 0 Å². The molecule has 15 heteroatoms. The molecule has 0 amide bonds. The smallest absolute Gasteiger partial charge is 0.331 e. The van der Waals surface area contributed by atoms with Crippen LogP contribution in [0.15, 0.2) is 12.2 Å². The molecule has 0 radical (unpaired) electrons. The Kier molecular flexibility index (Phi) is 21.0. The van der Waals surface area contributed by atoms with Crippen molar-refractivity contribution in [3.63, 3.8) is 0 Å². The number of esters is 4. The predicted molar refractivity (Wildman–Crippen MR) is 149 cm³/mol. The van der Waals surface area contributed by atoms with Crippen LogP contribution in [-0.2, 0) is 61.9 Å². The van der Waals surface area contributed by atoms with E-state index in [0.29, 0.717) is 25.0 Å². The van der Waals surface area contributed by atoms with E-state index in [4.69, 9.17) is 32.6 Å². The molecule has 0 saturated heterocycles. The third kappa shape index (κ3) is 23.1. The Balaban J connectivity index is 2.53. The molecular formula is C26H42O13S2. The zero-order valence-corrected chi connectivity index (χ0v) is 25.2. The number of thioether (sulfide) groups is 1. The Morgan fingerprint density at radius 2 is 1.24 bits per heavy atom. The SMILES string of the molecule is CS(=O)(=O)OCCCSC1CC(=O)OCCCCCCCCOC(=O)/C=C/C(=O)OCCOCCOCCOC1=O. The molecule has 0 aliphatic carbocycles. The molecule has 0 aromatic rings. The van der Waals surface area contributed by atoms with Gasteiger partial charge in [0.15, 0.2) is 0 Å². The molecule has 41 heavy (non-hydrogen) atoms. The second-order valence-corrected chi connectivity index (χ2v) is 11.8. The second kappa shape index (κ2) is 23.4. The highest BCUT2D eigenvalue weighted by Gasteiger charge is 2.25. The van der Waals surface area contributed by atoms with Gasteiger partial charge in [-0.25, -0.2) is 9.59 Å². The Morgan fingerprint density at radius 1 is 0.732 bits per heavy atom. The van der Waals surface area contributed by atoms with Crippen molar-refractivity contribution < 1.29 is 60.2 Å². The maximum atomic E-state index is 12.6. The highest BCUT2D eigenvalue weighted by molar-refractivity contribution is 8.00. The molecule has 0 N–H and O–H groups in total. The quantitative estimate of drug-likeness (QED) is 0.182. The van der Waals surface area contributed by atoms with Gasteiger partial charge >= 0.3 is 23.9 Å². The number of cyclic esters (lactones) is 4. The van der Waals surface area contributed by atoms with Crippen molar-refractivity contribution in [1.29, 1.82) is 0 Å². The van der Waals surface area contributed by atoms with E-state index in [-0.39, 0.29) is 65.9 Å².